The van der Waals surface area contributed by atoms with Gasteiger partial charge in [0.2, 0.25) is 0 Å². The van der Waals surface area contributed by atoms with Crippen molar-refractivity contribution in [3.8, 4) is 0 Å². The SMILES string of the molecule is COCC(C1CC1)C(Br)C(C)C. The second-order valence-corrected chi connectivity index (χ2v) is 5.20. The van der Waals surface area contributed by atoms with Crippen molar-refractivity contribution >= 4 is 15.9 Å². The number of hydrogen-bond acceptors (Lipinski definition) is 1. The van der Waals surface area contributed by atoms with Gasteiger partial charge in [-0.1, -0.05) is 29.8 Å². The van der Waals surface area contributed by atoms with Crippen molar-refractivity contribution in [1.29, 1.82) is 0 Å². The van der Waals surface area contributed by atoms with Crippen LogP contribution in [-0.4, -0.2) is 18.5 Å². The van der Waals surface area contributed by atoms with E-state index in [4.69, 9.17) is 4.74 Å². The van der Waals surface area contributed by atoms with Crippen LogP contribution in [0.5, 0.6) is 0 Å². The summed E-state index contributed by atoms with van der Waals surface area (Å²) in [5, 5.41) is 0. The van der Waals surface area contributed by atoms with Crippen LogP contribution in [0.25, 0.3) is 0 Å². The lowest BCUT2D eigenvalue weighted by atomic mass is 9.93. The molecule has 2 unspecified atom stereocenters. The minimum Gasteiger partial charge on any atom is -0.384 e. The molecule has 1 aliphatic carbocycles. The van der Waals surface area contributed by atoms with Gasteiger partial charge in [0.1, 0.15) is 0 Å². The molecule has 0 radical (unpaired) electrons. The maximum Gasteiger partial charge on any atom is 0.0503 e. The van der Waals surface area contributed by atoms with Gasteiger partial charge in [0.15, 0.2) is 0 Å². The van der Waals surface area contributed by atoms with E-state index in [0.717, 1.165) is 18.4 Å². The van der Waals surface area contributed by atoms with Gasteiger partial charge in [-0.25, -0.2) is 0 Å². The molecule has 1 rings (SSSR count). The van der Waals surface area contributed by atoms with Gasteiger partial charge in [0.25, 0.3) is 0 Å². The average Bonchev–Trinajstić information content (AvgIpc) is 2.81. The molecular weight excluding hydrogens is 216 g/mol. The van der Waals surface area contributed by atoms with Crippen LogP contribution in [0, 0.1) is 17.8 Å². The first-order valence-electron chi connectivity index (χ1n) is 4.79. The highest BCUT2D eigenvalue weighted by Gasteiger charge is 2.36. The molecule has 0 aromatic carbocycles. The summed E-state index contributed by atoms with van der Waals surface area (Å²) in [5.74, 6) is 2.37. The van der Waals surface area contributed by atoms with Gasteiger partial charge in [-0.05, 0) is 30.6 Å². The largest absolute Gasteiger partial charge is 0.384 e. The normalized spacial score (nSPS) is 22.8. The van der Waals surface area contributed by atoms with E-state index in [1.807, 2.05) is 0 Å². The fourth-order valence-electron chi connectivity index (χ4n) is 1.70. The second kappa shape index (κ2) is 4.61. The summed E-state index contributed by atoms with van der Waals surface area (Å²) in [6.45, 7) is 5.45. The fourth-order valence-corrected chi connectivity index (χ4v) is 2.28. The number of halogens is 1. The van der Waals surface area contributed by atoms with E-state index in [0.29, 0.717) is 10.7 Å². The summed E-state index contributed by atoms with van der Waals surface area (Å²) >= 11 is 3.77. The molecule has 0 bridgehead atoms. The molecule has 1 nitrogen and oxygen atoms in total. The highest BCUT2D eigenvalue weighted by molar-refractivity contribution is 9.09. The molecule has 1 fully saturated rings. The monoisotopic (exact) mass is 234 g/mol. The van der Waals surface area contributed by atoms with Gasteiger partial charge in [0, 0.05) is 11.9 Å². The molecule has 12 heavy (non-hydrogen) atoms. The molecule has 0 spiro atoms. The third kappa shape index (κ3) is 2.74. The van der Waals surface area contributed by atoms with Gasteiger partial charge in [-0.2, -0.15) is 0 Å². The number of alkyl halides is 1. The molecule has 0 aromatic heterocycles. The third-order valence-corrected chi connectivity index (χ3v) is 4.37. The van der Waals surface area contributed by atoms with Gasteiger partial charge in [-0.3, -0.25) is 0 Å². The van der Waals surface area contributed by atoms with Crippen LogP contribution in [0.3, 0.4) is 0 Å². The molecule has 0 aromatic rings. The van der Waals surface area contributed by atoms with Crippen LogP contribution >= 0.6 is 15.9 Å². The van der Waals surface area contributed by atoms with Gasteiger partial charge in [-0.15, -0.1) is 0 Å². The summed E-state index contributed by atoms with van der Waals surface area (Å²) < 4.78 is 5.25. The summed E-state index contributed by atoms with van der Waals surface area (Å²) in [6.07, 6.45) is 2.81. The third-order valence-electron chi connectivity index (χ3n) is 2.63. The molecule has 0 amide bonds. The van der Waals surface area contributed by atoms with Crippen molar-refractivity contribution in [1.82, 2.24) is 0 Å². The molecule has 1 aliphatic rings. The predicted octanol–water partition coefficient (Wildman–Crippen LogP) is 3.08. The summed E-state index contributed by atoms with van der Waals surface area (Å²) in [7, 11) is 1.80. The minimum atomic E-state index is 0.630. The number of rotatable bonds is 5. The molecule has 0 N–H and O–H groups in total. The fraction of sp³-hybridized carbons (Fsp3) is 1.00. The standard InChI is InChI=1S/C10H19BrO/c1-7(2)10(11)9(6-12-3)8-4-5-8/h7-10H,4-6H2,1-3H3. The Morgan fingerprint density at radius 1 is 1.42 bits per heavy atom. The Bertz CT molecular complexity index is 132. The Hall–Kier alpha value is 0.440. The number of methoxy groups -OCH3 is 1. The van der Waals surface area contributed by atoms with Crippen molar-refractivity contribution in [2.75, 3.05) is 13.7 Å². The second-order valence-electron chi connectivity index (χ2n) is 4.15. The predicted molar refractivity (Wildman–Crippen MR) is 55.6 cm³/mol. The summed E-state index contributed by atoms with van der Waals surface area (Å²) in [6, 6.07) is 0. The van der Waals surface area contributed by atoms with Crippen LogP contribution in [0.4, 0.5) is 0 Å². The van der Waals surface area contributed by atoms with Crippen LogP contribution < -0.4 is 0 Å². The van der Waals surface area contributed by atoms with Crippen LogP contribution in [0.1, 0.15) is 26.7 Å². The van der Waals surface area contributed by atoms with Crippen LogP contribution in [0.15, 0.2) is 0 Å². The lowest BCUT2D eigenvalue weighted by Gasteiger charge is -2.24. The first-order chi connectivity index (χ1) is 5.66. The van der Waals surface area contributed by atoms with Gasteiger partial charge in [0.05, 0.1) is 6.61 Å². The molecular formula is C10H19BrO. The van der Waals surface area contributed by atoms with Crippen LogP contribution in [-0.2, 0) is 4.74 Å². The summed E-state index contributed by atoms with van der Waals surface area (Å²) in [4.78, 5) is 0.630. The molecule has 2 atom stereocenters. The topological polar surface area (TPSA) is 9.23 Å². The van der Waals surface area contributed by atoms with E-state index >= 15 is 0 Å². The van der Waals surface area contributed by atoms with E-state index in [9.17, 15) is 0 Å². The van der Waals surface area contributed by atoms with Crippen molar-refractivity contribution in [3.05, 3.63) is 0 Å². The molecule has 2 heteroatoms. The highest BCUT2D eigenvalue weighted by atomic mass is 79.9. The smallest absolute Gasteiger partial charge is 0.0503 e. The van der Waals surface area contributed by atoms with E-state index in [2.05, 4.69) is 29.8 Å². The zero-order valence-corrected chi connectivity index (χ0v) is 9.80. The molecule has 1 saturated carbocycles. The first-order valence-corrected chi connectivity index (χ1v) is 5.71. The Labute approximate surface area is 84.0 Å². The summed E-state index contributed by atoms with van der Waals surface area (Å²) in [5.41, 5.74) is 0. The zero-order valence-electron chi connectivity index (χ0n) is 8.22. The van der Waals surface area contributed by atoms with E-state index < -0.39 is 0 Å². The van der Waals surface area contributed by atoms with E-state index in [1.54, 1.807) is 7.11 Å². The van der Waals surface area contributed by atoms with Crippen LogP contribution in [0.2, 0.25) is 0 Å². The maximum absolute atomic E-state index is 5.25. The molecule has 0 aliphatic heterocycles. The minimum absolute atomic E-state index is 0.630. The first kappa shape index (κ1) is 10.5. The van der Waals surface area contributed by atoms with Crippen molar-refractivity contribution in [2.24, 2.45) is 17.8 Å². The van der Waals surface area contributed by atoms with Crippen molar-refractivity contribution < 1.29 is 4.74 Å². The Morgan fingerprint density at radius 3 is 2.33 bits per heavy atom. The average molecular weight is 235 g/mol. The van der Waals surface area contributed by atoms with Crippen molar-refractivity contribution in [3.63, 3.8) is 0 Å². The number of ether oxygens (including phenoxy) is 1. The molecule has 72 valence electrons. The quantitative estimate of drug-likeness (QED) is 0.665. The Kier molecular flexibility index (Phi) is 4.04. The maximum atomic E-state index is 5.25. The van der Waals surface area contributed by atoms with E-state index in [1.165, 1.54) is 12.8 Å². The lowest BCUT2D eigenvalue weighted by Crippen LogP contribution is -2.26. The van der Waals surface area contributed by atoms with Gasteiger partial charge >= 0.3 is 0 Å². The number of hydrogen-bond donors (Lipinski definition) is 0. The zero-order chi connectivity index (χ0) is 9.14. The molecule has 0 saturated heterocycles. The highest BCUT2D eigenvalue weighted by Crippen LogP contribution is 2.42. The Morgan fingerprint density at radius 2 is 2.00 bits per heavy atom. The van der Waals surface area contributed by atoms with Crippen molar-refractivity contribution in [2.45, 2.75) is 31.5 Å². The lowest BCUT2D eigenvalue weighted by molar-refractivity contribution is 0.134. The van der Waals surface area contributed by atoms with Gasteiger partial charge < -0.3 is 4.74 Å². The molecule has 0 heterocycles. The Balaban J connectivity index is 2.40. The van der Waals surface area contributed by atoms with E-state index in [-0.39, 0.29) is 0 Å².